The second-order valence-corrected chi connectivity index (χ2v) is 6.24. The van der Waals surface area contributed by atoms with E-state index in [2.05, 4.69) is 11.1 Å². The lowest BCUT2D eigenvalue weighted by Gasteiger charge is -2.19. The molecule has 0 atom stereocenters. The summed E-state index contributed by atoms with van der Waals surface area (Å²) in [7, 11) is 3.07. The zero-order valence-electron chi connectivity index (χ0n) is 16.4. The van der Waals surface area contributed by atoms with Gasteiger partial charge in [0.2, 0.25) is 5.75 Å². The Kier molecular flexibility index (Phi) is 6.10. The first-order valence-corrected chi connectivity index (χ1v) is 8.91. The van der Waals surface area contributed by atoms with Crippen molar-refractivity contribution < 1.29 is 19.0 Å². The Labute approximate surface area is 169 Å². The van der Waals surface area contributed by atoms with Crippen molar-refractivity contribution in [2.24, 2.45) is 0 Å². The van der Waals surface area contributed by atoms with Crippen LogP contribution in [0.3, 0.4) is 0 Å². The smallest absolute Gasteiger partial charge is 0.203 e. The minimum absolute atomic E-state index is 0.266. The first-order valence-electron chi connectivity index (χ1n) is 8.91. The van der Waals surface area contributed by atoms with Crippen LogP contribution in [-0.4, -0.2) is 25.5 Å². The molecule has 0 fully saturated rings. The minimum Gasteiger partial charge on any atom is -0.493 e. The van der Waals surface area contributed by atoms with E-state index in [0.717, 1.165) is 5.56 Å². The summed E-state index contributed by atoms with van der Waals surface area (Å²) in [6, 6.07) is 15.4. The molecule has 146 valence electrons. The van der Waals surface area contributed by atoms with E-state index in [9.17, 15) is 10.1 Å². The van der Waals surface area contributed by atoms with Gasteiger partial charge in [0.05, 0.1) is 19.8 Å². The summed E-state index contributed by atoms with van der Waals surface area (Å²) < 4.78 is 17.1. The highest BCUT2D eigenvalue weighted by Crippen LogP contribution is 2.46. The Morgan fingerprint density at radius 3 is 2.45 bits per heavy atom. The van der Waals surface area contributed by atoms with Crippen molar-refractivity contribution in [1.82, 2.24) is 4.98 Å². The van der Waals surface area contributed by atoms with Crippen molar-refractivity contribution in [2.45, 2.75) is 13.5 Å². The number of hydrogen-bond donors (Lipinski definition) is 0. The highest BCUT2D eigenvalue weighted by molar-refractivity contribution is 5.86. The lowest BCUT2D eigenvalue weighted by molar-refractivity contribution is 0.111. The van der Waals surface area contributed by atoms with Crippen molar-refractivity contribution >= 4 is 6.29 Å². The first-order chi connectivity index (χ1) is 14.1. The van der Waals surface area contributed by atoms with Gasteiger partial charge < -0.3 is 14.2 Å². The zero-order chi connectivity index (χ0) is 20.8. The summed E-state index contributed by atoms with van der Waals surface area (Å²) in [4.78, 5) is 15.5. The molecule has 0 unspecified atom stereocenters. The normalized spacial score (nSPS) is 10.1. The summed E-state index contributed by atoms with van der Waals surface area (Å²) in [6.45, 7) is 2.05. The van der Waals surface area contributed by atoms with Crippen LogP contribution in [0.25, 0.3) is 11.1 Å². The number of hydrogen-bond acceptors (Lipinski definition) is 6. The van der Waals surface area contributed by atoms with E-state index in [1.165, 1.54) is 13.3 Å². The van der Waals surface area contributed by atoms with Crippen LogP contribution in [0, 0.1) is 18.3 Å². The van der Waals surface area contributed by atoms with E-state index in [1.807, 2.05) is 30.3 Å². The number of nitriles is 1. The number of rotatable bonds is 7. The largest absolute Gasteiger partial charge is 0.493 e. The van der Waals surface area contributed by atoms with Crippen LogP contribution in [0.2, 0.25) is 0 Å². The Morgan fingerprint density at radius 2 is 1.83 bits per heavy atom. The molecule has 6 heteroatoms. The fourth-order valence-corrected chi connectivity index (χ4v) is 3.14. The summed E-state index contributed by atoms with van der Waals surface area (Å²) in [5.41, 5.74) is 3.37. The molecule has 2 aromatic carbocycles. The third kappa shape index (κ3) is 3.90. The van der Waals surface area contributed by atoms with Gasteiger partial charge in [-0.3, -0.25) is 9.78 Å². The Balaban J connectivity index is 2.22. The molecule has 0 N–H and O–H groups in total. The van der Waals surface area contributed by atoms with Gasteiger partial charge in [0.15, 0.2) is 17.8 Å². The average molecular weight is 388 g/mol. The van der Waals surface area contributed by atoms with Gasteiger partial charge in [0.1, 0.15) is 18.4 Å². The van der Waals surface area contributed by atoms with Gasteiger partial charge in [-0.1, -0.05) is 30.3 Å². The van der Waals surface area contributed by atoms with Gasteiger partial charge in [0.25, 0.3) is 0 Å². The second kappa shape index (κ2) is 8.89. The molecule has 1 heterocycles. The monoisotopic (exact) mass is 388 g/mol. The molecule has 1 aromatic heterocycles. The Morgan fingerprint density at radius 1 is 1.07 bits per heavy atom. The van der Waals surface area contributed by atoms with Crippen molar-refractivity contribution in [3.63, 3.8) is 0 Å². The molecule has 0 bridgehead atoms. The lowest BCUT2D eigenvalue weighted by Crippen LogP contribution is -2.04. The van der Waals surface area contributed by atoms with Crippen molar-refractivity contribution in [3.8, 4) is 34.4 Å². The fraction of sp³-hybridized carbons (Fsp3) is 0.174. The van der Waals surface area contributed by atoms with Crippen LogP contribution < -0.4 is 14.2 Å². The van der Waals surface area contributed by atoms with Crippen molar-refractivity contribution in [2.75, 3.05) is 14.2 Å². The van der Waals surface area contributed by atoms with Gasteiger partial charge in [-0.2, -0.15) is 5.26 Å². The molecule has 3 rings (SSSR count). The van der Waals surface area contributed by atoms with E-state index in [4.69, 9.17) is 14.2 Å². The third-order valence-electron chi connectivity index (χ3n) is 4.59. The van der Waals surface area contributed by atoms with Gasteiger partial charge >= 0.3 is 0 Å². The summed E-state index contributed by atoms with van der Waals surface area (Å²) >= 11 is 0. The van der Waals surface area contributed by atoms with Crippen LogP contribution in [0.4, 0.5) is 0 Å². The maximum Gasteiger partial charge on any atom is 0.203 e. The Bertz CT molecular complexity index is 1070. The number of pyridine rings is 1. The van der Waals surface area contributed by atoms with Crippen LogP contribution >= 0.6 is 0 Å². The molecule has 0 amide bonds. The molecular weight excluding hydrogens is 368 g/mol. The molecule has 3 aromatic rings. The SMILES string of the molecule is COc1ccc(-c2c(C#N)cnc(C=O)c2C)c(OCc2ccccc2)c1OC. The number of carbonyl (C=O) groups is 1. The second-order valence-electron chi connectivity index (χ2n) is 6.24. The third-order valence-corrected chi connectivity index (χ3v) is 4.59. The maximum absolute atomic E-state index is 11.4. The van der Waals surface area contributed by atoms with E-state index in [0.29, 0.717) is 52.4 Å². The predicted octanol–water partition coefficient (Wildman–Crippen LogP) is 4.34. The Hall–Kier alpha value is -3.85. The molecule has 6 nitrogen and oxygen atoms in total. The van der Waals surface area contributed by atoms with Crippen molar-refractivity contribution in [1.29, 1.82) is 5.26 Å². The number of aldehydes is 1. The fourth-order valence-electron chi connectivity index (χ4n) is 3.14. The molecule has 0 saturated heterocycles. The molecule has 0 radical (unpaired) electrons. The number of benzene rings is 2. The first kappa shape index (κ1) is 19.9. The van der Waals surface area contributed by atoms with E-state index in [1.54, 1.807) is 26.2 Å². The number of carbonyl (C=O) groups excluding carboxylic acids is 1. The van der Waals surface area contributed by atoms with Crippen LogP contribution in [-0.2, 0) is 6.61 Å². The molecule has 0 aliphatic heterocycles. The van der Waals surface area contributed by atoms with Gasteiger partial charge in [0, 0.05) is 17.3 Å². The number of nitrogens with zero attached hydrogens (tertiary/aromatic N) is 2. The summed E-state index contributed by atoms with van der Waals surface area (Å²) in [5.74, 6) is 1.34. The summed E-state index contributed by atoms with van der Waals surface area (Å²) in [6.07, 6.45) is 2.06. The van der Waals surface area contributed by atoms with Crippen LogP contribution in [0.5, 0.6) is 17.2 Å². The van der Waals surface area contributed by atoms with Gasteiger partial charge in [-0.05, 0) is 30.2 Å². The molecule has 29 heavy (non-hydrogen) atoms. The minimum atomic E-state index is 0.266. The standard InChI is InChI=1S/C23H20N2O4/c1-15-19(13-26)25-12-17(11-24)21(15)18-9-10-20(27-2)23(28-3)22(18)29-14-16-7-5-4-6-8-16/h4-10,12-13H,14H2,1-3H3. The number of aromatic nitrogens is 1. The highest BCUT2D eigenvalue weighted by atomic mass is 16.5. The molecule has 0 saturated carbocycles. The van der Waals surface area contributed by atoms with Crippen molar-refractivity contribution in [3.05, 3.63) is 71.0 Å². The molecule has 0 aliphatic carbocycles. The van der Waals surface area contributed by atoms with E-state index < -0.39 is 0 Å². The molecule has 0 aliphatic rings. The van der Waals surface area contributed by atoms with Crippen LogP contribution in [0.15, 0.2) is 48.7 Å². The van der Waals surface area contributed by atoms with Gasteiger partial charge in [-0.25, -0.2) is 0 Å². The predicted molar refractivity (Wildman–Crippen MR) is 108 cm³/mol. The maximum atomic E-state index is 11.4. The van der Waals surface area contributed by atoms with E-state index >= 15 is 0 Å². The van der Waals surface area contributed by atoms with Gasteiger partial charge in [-0.15, -0.1) is 0 Å². The number of ether oxygens (including phenoxy) is 3. The average Bonchev–Trinajstić information content (AvgIpc) is 2.77. The topological polar surface area (TPSA) is 81.4 Å². The zero-order valence-corrected chi connectivity index (χ0v) is 16.4. The van der Waals surface area contributed by atoms with E-state index in [-0.39, 0.29) is 5.69 Å². The van der Waals surface area contributed by atoms with Crippen LogP contribution in [0.1, 0.15) is 27.2 Å². The number of methoxy groups -OCH3 is 2. The quantitative estimate of drug-likeness (QED) is 0.560. The lowest BCUT2D eigenvalue weighted by atomic mass is 9.94. The summed E-state index contributed by atoms with van der Waals surface area (Å²) in [5, 5.41) is 9.62. The highest BCUT2D eigenvalue weighted by Gasteiger charge is 2.22. The molecule has 0 spiro atoms. The molecular formula is C23H20N2O4.